The smallest absolute Gasteiger partial charge is 0.194 e. The van der Waals surface area contributed by atoms with Crippen LogP contribution >= 0.6 is 23.2 Å². The van der Waals surface area contributed by atoms with E-state index in [0.717, 1.165) is 0 Å². The molecule has 0 aliphatic carbocycles. The van der Waals surface area contributed by atoms with Crippen molar-refractivity contribution in [2.75, 3.05) is 14.2 Å². The van der Waals surface area contributed by atoms with Gasteiger partial charge in [0.2, 0.25) is 0 Å². The number of halogens is 2. The van der Waals surface area contributed by atoms with E-state index >= 15 is 0 Å². The Balaban J connectivity index is 3.79. The summed E-state index contributed by atoms with van der Waals surface area (Å²) in [4.78, 5) is 0. The van der Waals surface area contributed by atoms with Crippen LogP contribution in [0.1, 0.15) is 0 Å². The van der Waals surface area contributed by atoms with Gasteiger partial charge in [0.25, 0.3) is 0 Å². The average Bonchev–Trinajstić information content (AvgIpc) is 1.90. The third-order valence-corrected chi connectivity index (χ3v) is 1.39. The molecule has 0 aromatic rings. The van der Waals surface area contributed by atoms with Crippen molar-refractivity contribution in [1.82, 2.24) is 0 Å². The van der Waals surface area contributed by atoms with Crippen LogP contribution in [0.25, 0.3) is 0 Å². The molecule has 0 aromatic heterocycles. The fourth-order valence-electron chi connectivity index (χ4n) is 0.373. The summed E-state index contributed by atoms with van der Waals surface area (Å²) in [6.45, 7) is 0. The summed E-state index contributed by atoms with van der Waals surface area (Å²) in [5.41, 5.74) is 1.21. The zero-order chi connectivity index (χ0) is 7.28. The molecule has 4 heteroatoms. The molecule has 0 bridgehead atoms. The Morgan fingerprint density at radius 2 is 1.89 bits per heavy atom. The summed E-state index contributed by atoms with van der Waals surface area (Å²) in [5.74, 6) is 0. The van der Waals surface area contributed by atoms with Crippen LogP contribution in [0, 0.1) is 0 Å². The Morgan fingerprint density at radius 3 is 2.00 bits per heavy atom. The molecule has 9 heavy (non-hydrogen) atoms. The number of hydrogen-bond acceptors (Lipinski definition) is 2. The van der Waals surface area contributed by atoms with Crippen LogP contribution in [0.3, 0.4) is 0 Å². The van der Waals surface area contributed by atoms with Gasteiger partial charge in [0.1, 0.15) is 0 Å². The molecule has 0 saturated carbocycles. The molecule has 0 unspecified atom stereocenters. The predicted octanol–water partition coefficient (Wildman–Crippen LogP) is 1.92. The zero-order valence-electron chi connectivity index (χ0n) is 5.23. The van der Waals surface area contributed by atoms with E-state index < -0.39 is 6.29 Å². The van der Waals surface area contributed by atoms with Gasteiger partial charge >= 0.3 is 0 Å². The topological polar surface area (TPSA) is 18.5 Å². The molecule has 0 spiro atoms. The Labute approximate surface area is 64.3 Å². The highest BCUT2D eigenvalue weighted by molar-refractivity contribution is 6.36. The van der Waals surface area contributed by atoms with Crippen molar-refractivity contribution >= 4 is 23.2 Å². The second-order valence-electron chi connectivity index (χ2n) is 1.30. The molecule has 0 saturated heterocycles. The van der Waals surface area contributed by atoms with Gasteiger partial charge < -0.3 is 9.47 Å². The first-order valence-corrected chi connectivity index (χ1v) is 3.09. The number of rotatable bonds is 3. The second kappa shape index (κ2) is 5.06. The molecule has 0 aliphatic rings. The Bertz CT molecular complexity index is 99.1. The van der Waals surface area contributed by atoms with Gasteiger partial charge in [-0.25, -0.2) is 0 Å². The van der Waals surface area contributed by atoms with Crippen molar-refractivity contribution in [3.05, 3.63) is 10.6 Å². The summed E-state index contributed by atoms with van der Waals surface area (Å²) >= 11 is 10.8. The van der Waals surface area contributed by atoms with Crippen LogP contribution in [0.2, 0.25) is 0 Å². The zero-order valence-corrected chi connectivity index (χ0v) is 6.74. The normalized spacial score (nSPS) is 12.8. The van der Waals surface area contributed by atoms with Crippen LogP contribution < -0.4 is 0 Å². The molecule has 0 N–H and O–H groups in total. The minimum atomic E-state index is -0.538. The highest BCUT2D eigenvalue weighted by Gasteiger charge is 2.07. The molecule has 0 atom stereocenters. The molecule has 0 amide bonds. The van der Waals surface area contributed by atoms with Crippen molar-refractivity contribution in [1.29, 1.82) is 0 Å². The highest BCUT2D eigenvalue weighted by atomic mass is 35.5. The maximum Gasteiger partial charge on any atom is 0.194 e. The second-order valence-corrected chi connectivity index (χ2v) is 1.95. The van der Waals surface area contributed by atoms with Gasteiger partial charge in [-0.2, -0.15) is 0 Å². The number of hydrogen-bond donors (Lipinski definition) is 0. The quantitative estimate of drug-likeness (QED) is 0.604. The lowest BCUT2D eigenvalue weighted by molar-refractivity contribution is -0.0697. The summed E-state index contributed by atoms with van der Waals surface area (Å²) < 4.78 is 9.49. The molecule has 54 valence electrons. The standard InChI is InChI=1S/C5H8Cl2O2/c1-8-5(9-2)4(7)3-6/h3,5H,1-2H3/b4-3-. The van der Waals surface area contributed by atoms with Gasteiger partial charge in [0.15, 0.2) is 6.29 Å². The van der Waals surface area contributed by atoms with Crippen LogP contribution in [-0.2, 0) is 9.47 Å². The Morgan fingerprint density at radius 1 is 1.44 bits per heavy atom. The first kappa shape index (κ1) is 9.24. The lowest BCUT2D eigenvalue weighted by Crippen LogP contribution is -2.12. The van der Waals surface area contributed by atoms with Crippen molar-refractivity contribution in [2.24, 2.45) is 0 Å². The number of methoxy groups -OCH3 is 2. The van der Waals surface area contributed by atoms with E-state index in [2.05, 4.69) is 0 Å². The van der Waals surface area contributed by atoms with Crippen molar-refractivity contribution in [3.63, 3.8) is 0 Å². The monoisotopic (exact) mass is 170 g/mol. The van der Waals surface area contributed by atoms with Crippen LogP contribution in [-0.4, -0.2) is 20.5 Å². The maximum absolute atomic E-state index is 5.51. The first-order valence-electron chi connectivity index (χ1n) is 2.27. The van der Waals surface area contributed by atoms with Crippen LogP contribution in [0.4, 0.5) is 0 Å². The predicted molar refractivity (Wildman–Crippen MR) is 37.6 cm³/mol. The first-order chi connectivity index (χ1) is 4.26. The van der Waals surface area contributed by atoms with Crippen LogP contribution in [0.15, 0.2) is 10.6 Å². The van der Waals surface area contributed by atoms with E-state index in [1.54, 1.807) is 0 Å². The summed E-state index contributed by atoms with van der Waals surface area (Å²) in [6, 6.07) is 0. The lowest BCUT2D eigenvalue weighted by atomic mass is 10.6. The van der Waals surface area contributed by atoms with E-state index in [4.69, 9.17) is 32.7 Å². The SMILES string of the molecule is COC(OC)/C(Cl)=C/Cl. The summed E-state index contributed by atoms with van der Waals surface area (Å²) in [6.07, 6.45) is -0.538. The van der Waals surface area contributed by atoms with Gasteiger partial charge in [0, 0.05) is 19.8 Å². The molecular weight excluding hydrogens is 163 g/mol. The molecule has 0 rings (SSSR count). The molecule has 2 nitrogen and oxygen atoms in total. The number of ether oxygens (including phenoxy) is 2. The van der Waals surface area contributed by atoms with E-state index in [0.29, 0.717) is 5.03 Å². The Kier molecular flexibility index (Phi) is 5.19. The van der Waals surface area contributed by atoms with E-state index in [1.165, 1.54) is 19.8 Å². The third kappa shape index (κ3) is 3.06. The minimum absolute atomic E-state index is 0.335. The minimum Gasteiger partial charge on any atom is -0.351 e. The third-order valence-electron chi connectivity index (χ3n) is 0.758. The van der Waals surface area contributed by atoms with E-state index in [-0.39, 0.29) is 0 Å². The average molecular weight is 171 g/mol. The van der Waals surface area contributed by atoms with Gasteiger partial charge in [-0.15, -0.1) is 0 Å². The fourth-order valence-corrected chi connectivity index (χ4v) is 0.654. The molecular formula is C5H8Cl2O2. The van der Waals surface area contributed by atoms with Crippen LogP contribution in [0.5, 0.6) is 0 Å². The van der Waals surface area contributed by atoms with E-state index in [9.17, 15) is 0 Å². The van der Waals surface area contributed by atoms with Crippen molar-refractivity contribution in [3.8, 4) is 0 Å². The molecule has 0 heterocycles. The van der Waals surface area contributed by atoms with E-state index in [1.807, 2.05) is 0 Å². The summed E-state index contributed by atoms with van der Waals surface area (Å²) in [7, 11) is 2.97. The molecule has 0 aliphatic heterocycles. The fraction of sp³-hybridized carbons (Fsp3) is 0.600. The van der Waals surface area contributed by atoms with Crippen molar-refractivity contribution in [2.45, 2.75) is 6.29 Å². The lowest BCUT2D eigenvalue weighted by Gasteiger charge is -2.10. The van der Waals surface area contributed by atoms with Gasteiger partial charge in [-0.3, -0.25) is 0 Å². The van der Waals surface area contributed by atoms with Gasteiger partial charge in [-0.1, -0.05) is 23.2 Å². The largest absolute Gasteiger partial charge is 0.351 e. The van der Waals surface area contributed by atoms with Crippen molar-refractivity contribution < 1.29 is 9.47 Å². The van der Waals surface area contributed by atoms with Gasteiger partial charge in [-0.05, 0) is 0 Å². The maximum atomic E-state index is 5.51. The molecule has 0 fully saturated rings. The highest BCUT2D eigenvalue weighted by Crippen LogP contribution is 2.12. The Hall–Kier alpha value is 0.240. The molecule has 0 radical (unpaired) electrons. The molecule has 0 aromatic carbocycles. The van der Waals surface area contributed by atoms with Gasteiger partial charge in [0.05, 0.1) is 5.03 Å². The summed E-state index contributed by atoms with van der Waals surface area (Å²) in [5, 5.41) is 0.335.